The first-order valence-electron chi connectivity index (χ1n) is 3.93. The van der Waals surface area contributed by atoms with E-state index in [4.69, 9.17) is 9.84 Å². The van der Waals surface area contributed by atoms with Crippen molar-refractivity contribution in [1.82, 2.24) is 0 Å². The first-order valence-corrected chi connectivity index (χ1v) is 3.93. The third kappa shape index (κ3) is 1.12. The Morgan fingerprint density at radius 1 is 1.42 bits per heavy atom. The Kier molecular flexibility index (Phi) is 1.66. The quantitative estimate of drug-likeness (QED) is 0.605. The van der Waals surface area contributed by atoms with E-state index in [-0.39, 0.29) is 5.75 Å². The van der Waals surface area contributed by atoms with Crippen LogP contribution in [0.25, 0.3) is 0 Å². The van der Waals surface area contributed by atoms with Gasteiger partial charge in [-0.05, 0) is 18.1 Å². The number of phenolic OH excluding ortho intramolecular Hbond substituents is 1. The lowest BCUT2D eigenvalue weighted by Gasteiger charge is -2.22. The van der Waals surface area contributed by atoms with Crippen LogP contribution < -0.4 is 4.74 Å². The number of fused-ring (bicyclic) bond motifs is 1. The molecule has 2 N–H and O–H groups in total. The molecule has 1 aliphatic rings. The van der Waals surface area contributed by atoms with E-state index in [1.165, 1.54) is 0 Å². The number of aryl methyl sites for hydroxylation is 1. The molecular weight excluding hydrogens is 156 g/mol. The smallest absolute Gasteiger partial charge is 0.197 e. The van der Waals surface area contributed by atoms with Gasteiger partial charge in [-0.25, -0.2) is 0 Å². The molecular formula is C9H10O3. The highest BCUT2D eigenvalue weighted by Crippen LogP contribution is 2.34. The summed E-state index contributed by atoms with van der Waals surface area (Å²) in [7, 11) is 0. The van der Waals surface area contributed by atoms with Crippen LogP contribution in [0.1, 0.15) is 12.0 Å². The van der Waals surface area contributed by atoms with Crippen molar-refractivity contribution in [3.63, 3.8) is 0 Å². The van der Waals surface area contributed by atoms with Gasteiger partial charge in [0.2, 0.25) is 0 Å². The van der Waals surface area contributed by atoms with Crippen LogP contribution in [0.3, 0.4) is 0 Å². The molecule has 0 spiro atoms. The van der Waals surface area contributed by atoms with Crippen LogP contribution in [0.5, 0.6) is 11.5 Å². The fraction of sp³-hybridized carbons (Fsp3) is 0.333. The standard InChI is InChI=1S/C9H10O3/c10-7-3-1-2-6-4-5-8(11)12-9(6)7/h1-3,8,10-11H,4-5H2. The van der Waals surface area contributed by atoms with Gasteiger partial charge in [-0.1, -0.05) is 12.1 Å². The fourth-order valence-corrected chi connectivity index (χ4v) is 1.38. The molecule has 0 bridgehead atoms. The minimum atomic E-state index is -0.772. The number of benzene rings is 1. The van der Waals surface area contributed by atoms with Crippen molar-refractivity contribution >= 4 is 0 Å². The molecule has 3 nitrogen and oxygen atoms in total. The minimum absolute atomic E-state index is 0.103. The highest BCUT2D eigenvalue weighted by Gasteiger charge is 2.19. The van der Waals surface area contributed by atoms with E-state index in [9.17, 15) is 5.11 Å². The molecule has 1 aromatic carbocycles. The fourth-order valence-electron chi connectivity index (χ4n) is 1.38. The van der Waals surface area contributed by atoms with Crippen LogP contribution in [-0.4, -0.2) is 16.5 Å². The van der Waals surface area contributed by atoms with Crippen molar-refractivity contribution in [2.75, 3.05) is 0 Å². The Labute approximate surface area is 70.2 Å². The van der Waals surface area contributed by atoms with E-state index >= 15 is 0 Å². The van der Waals surface area contributed by atoms with Gasteiger partial charge in [0.25, 0.3) is 0 Å². The van der Waals surface area contributed by atoms with Gasteiger partial charge < -0.3 is 14.9 Å². The molecule has 1 aliphatic heterocycles. The maximum atomic E-state index is 9.34. The Bertz CT molecular complexity index is 296. The number of ether oxygens (including phenoxy) is 1. The third-order valence-electron chi connectivity index (χ3n) is 1.99. The van der Waals surface area contributed by atoms with Crippen molar-refractivity contribution in [3.8, 4) is 11.5 Å². The number of hydrogen-bond donors (Lipinski definition) is 2. The van der Waals surface area contributed by atoms with Crippen LogP contribution in [0, 0.1) is 0 Å². The summed E-state index contributed by atoms with van der Waals surface area (Å²) in [4.78, 5) is 0. The van der Waals surface area contributed by atoms with E-state index in [1.807, 2.05) is 6.07 Å². The SMILES string of the molecule is Oc1cccc2c1OC(O)CC2. The van der Waals surface area contributed by atoms with Gasteiger partial charge in [0.1, 0.15) is 0 Å². The van der Waals surface area contributed by atoms with Crippen molar-refractivity contribution in [2.24, 2.45) is 0 Å². The van der Waals surface area contributed by atoms with Crippen molar-refractivity contribution in [1.29, 1.82) is 0 Å². The first-order chi connectivity index (χ1) is 5.77. The van der Waals surface area contributed by atoms with E-state index in [1.54, 1.807) is 12.1 Å². The Hall–Kier alpha value is -1.22. The van der Waals surface area contributed by atoms with Crippen molar-refractivity contribution in [2.45, 2.75) is 19.1 Å². The summed E-state index contributed by atoms with van der Waals surface area (Å²) in [5.74, 6) is 0.530. The summed E-state index contributed by atoms with van der Waals surface area (Å²) in [5, 5.41) is 18.5. The van der Waals surface area contributed by atoms with Gasteiger partial charge in [0.05, 0.1) is 0 Å². The van der Waals surface area contributed by atoms with Crippen LogP contribution >= 0.6 is 0 Å². The predicted octanol–water partition coefficient (Wildman–Crippen LogP) is 1.04. The van der Waals surface area contributed by atoms with Gasteiger partial charge >= 0.3 is 0 Å². The largest absolute Gasteiger partial charge is 0.504 e. The second-order valence-corrected chi connectivity index (χ2v) is 2.88. The molecule has 0 aromatic heterocycles. The van der Waals surface area contributed by atoms with E-state index in [2.05, 4.69) is 0 Å². The average Bonchev–Trinajstić information content (AvgIpc) is 2.07. The topological polar surface area (TPSA) is 49.7 Å². The summed E-state index contributed by atoms with van der Waals surface area (Å²) < 4.78 is 5.07. The molecule has 3 heteroatoms. The molecule has 0 aliphatic carbocycles. The van der Waals surface area contributed by atoms with E-state index < -0.39 is 6.29 Å². The Morgan fingerprint density at radius 3 is 3.08 bits per heavy atom. The lowest BCUT2D eigenvalue weighted by molar-refractivity contribution is -0.0332. The maximum absolute atomic E-state index is 9.34. The summed E-state index contributed by atoms with van der Waals surface area (Å²) >= 11 is 0. The molecule has 64 valence electrons. The number of aliphatic hydroxyl groups is 1. The molecule has 0 fully saturated rings. The number of rotatable bonds is 0. The minimum Gasteiger partial charge on any atom is -0.504 e. The number of aromatic hydroxyl groups is 1. The van der Waals surface area contributed by atoms with Gasteiger partial charge in [0.15, 0.2) is 17.8 Å². The molecule has 1 atom stereocenters. The predicted molar refractivity (Wildman–Crippen MR) is 43.1 cm³/mol. The van der Waals surface area contributed by atoms with Crippen LogP contribution in [0.4, 0.5) is 0 Å². The monoisotopic (exact) mass is 166 g/mol. The van der Waals surface area contributed by atoms with Crippen LogP contribution in [-0.2, 0) is 6.42 Å². The van der Waals surface area contributed by atoms with Gasteiger partial charge in [-0.15, -0.1) is 0 Å². The zero-order valence-electron chi connectivity index (χ0n) is 6.53. The van der Waals surface area contributed by atoms with E-state index in [0.717, 1.165) is 12.0 Å². The molecule has 0 radical (unpaired) electrons. The molecule has 1 aromatic rings. The van der Waals surface area contributed by atoms with Crippen LogP contribution in [0.2, 0.25) is 0 Å². The van der Waals surface area contributed by atoms with Gasteiger partial charge in [0, 0.05) is 6.42 Å². The maximum Gasteiger partial charge on any atom is 0.197 e. The van der Waals surface area contributed by atoms with Gasteiger partial charge in [-0.3, -0.25) is 0 Å². The number of para-hydroxylation sites is 1. The summed E-state index contributed by atoms with van der Waals surface area (Å²) in [6.07, 6.45) is 0.576. The zero-order valence-corrected chi connectivity index (χ0v) is 6.53. The average molecular weight is 166 g/mol. The summed E-state index contributed by atoms with van der Waals surface area (Å²) in [6.45, 7) is 0. The number of aliphatic hydroxyl groups excluding tert-OH is 1. The molecule has 1 unspecified atom stereocenters. The van der Waals surface area contributed by atoms with Gasteiger partial charge in [-0.2, -0.15) is 0 Å². The second-order valence-electron chi connectivity index (χ2n) is 2.88. The molecule has 1 heterocycles. The second kappa shape index (κ2) is 2.68. The van der Waals surface area contributed by atoms with Crippen molar-refractivity contribution < 1.29 is 14.9 Å². The Morgan fingerprint density at radius 2 is 2.25 bits per heavy atom. The lowest BCUT2D eigenvalue weighted by atomic mass is 10.1. The number of phenols is 1. The highest BCUT2D eigenvalue weighted by atomic mass is 16.6. The van der Waals surface area contributed by atoms with Crippen LogP contribution in [0.15, 0.2) is 18.2 Å². The lowest BCUT2D eigenvalue weighted by Crippen LogP contribution is -2.21. The number of hydrogen-bond acceptors (Lipinski definition) is 3. The molecule has 2 rings (SSSR count). The Balaban J connectivity index is 2.43. The summed E-state index contributed by atoms with van der Waals surface area (Å²) in [6, 6.07) is 5.22. The van der Waals surface area contributed by atoms with E-state index in [0.29, 0.717) is 12.2 Å². The molecule has 0 amide bonds. The highest BCUT2D eigenvalue weighted by molar-refractivity contribution is 5.46. The summed E-state index contributed by atoms with van der Waals surface area (Å²) in [5.41, 5.74) is 0.959. The molecule has 12 heavy (non-hydrogen) atoms. The molecule has 0 saturated heterocycles. The third-order valence-corrected chi connectivity index (χ3v) is 1.99. The zero-order chi connectivity index (χ0) is 8.55. The molecule has 0 saturated carbocycles. The first kappa shape index (κ1) is 7.43. The van der Waals surface area contributed by atoms with Crippen molar-refractivity contribution in [3.05, 3.63) is 23.8 Å². The normalized spacial score (nSPS) is 21.2.